The smallest absolute Gasteiger partial charge is 0.0955 e. The maximum Gasteiger partial charge on any atom is 0.0955 e. The lowest BCUT2D eigenvalue weighted by Gasteiger charge is -2.33. The van der Waals surface area contributed by atoms with Crippen LogP contribution >= 0.6 is 0 Å². The third-order valence-corrected chi connectivity index (χ3v) is 4.39. The van der Waals surface area contributed by atoms with Crippen molar-refractivity contribution >= 4 is 0 Å². The third-order valence-electron chi connectivity index (χ3n) is 4.39. The highest BCUT2D eigenvalue weighted by molar-refractivity contribution is 5.28. The molecule has 2 heterocycles. The van der Waals surface area contributed by atoms with E-state index in [2.05, 4.69) is 53.3 Å². The van der Waals surface area contributed by atoms with Gasteiger partial charge in [-0.25, -0.2) is 4.68 Å². The molecule has 1 saturated heterocycles. The summed E-state index contributed by atoms with van der Waals surface area (Å²) < 4.78 is 7.99. The first-order valence-electron chi connectivity index (χ1n) is 7.97. The molecule has 1 aliphatic heterocycles. The first-order valence-corrected chi connectivity index (χ1v) is 7.97. The van der Waals surface area contributed by atoms with Crippen LogP contribution in [0.25, 0.3) is 0 Å². The van der Waals surface area contributed by atoms with Crippen molar-refractivity contribution in [3.8, 4) is 0 Å². The molecule has 22 heavy (non-hydrogen) atoms. The Bertz CT molecular complexity index is 637. The van der Waals surface area contributed by atoms with Gasteiger partial charge < -0.3 is 4.74 Å². The highest BCUT2D eigenvalue weighted by Crippen LogP contribution is 2.25. The minimum absolute atomic E-state index is 0.154. The summed E-state index contributed by atoms with van der Waals surface area (Å²) in [5, 5.41) is 8.40. The molecule has 5 nitrogen and oxygen atoms in total. The quantitative estimate of drug-likeness (QED) is 0.870. The SMILES string of the molecule is CCn1nnc(C)c1CN1CCOC(c2ccccc2C)C1. The van der Waals surface area contributed by atoms with Crippen molar-refractivity contribution in [1.29, 1.82) is 0 Å². The van der Waals surface area contributed by atoms with Gasteiger partial charge in [0.1, 0.15) is 0 Å². The molecule has 0 aliphatic carbocycles. The van der Waals surface area contributed by atoms with Crippen molar-refractivity contribution in [1.82, 2.24) is 19.9 Å². The molecule has 1 unspecified atom stereocenters. The van der Waals surface area contributed by atoms with Crippen LogP contribution in [0.1, 0.15) is 35.5 Å². The molecule has 1 aromatic heterocycles. The Kier molecular flexibility index (Phi) is 4.55. The Hall–Kier alpha value is -1.72. The Morgan fingerprint density at radius 3 is 2.86 bits per heavy atom. The fraction of sp³-hybridized carbons (Fsp3) is 0.529. The number of hydrogen-bond donors (Lipinski definition) is 0. The molecule has 1 atom stereocenters. The van der Waals surface area contributed by atoms with E-state index in [-0.39, 0.29) is 6.10 Å². The summed E-state index contributed by atoms with van der Waals surface area (Å²) in [5.41, 5.74) is 4.84. The third kappa shape index (κ3) is 3.05. The molecule has 0 spiro atoms. The Morgan fingerprint density at radius 1 is 1.27 bits per heavy atom. The second kappa shape index (κ2) is 6.58. The van der Waals surface area contributed by atoms with Crippen molar-refractivity contribution < 1.29 is 4.74 Å². The van der Waals surface area contributed by atoms with E-state index in [1.807, 2.05) is 11.6 Å². The maximum absolute atomic E-state index is 6.00. The van der Waals surface area contributed by atoms with Crippen LogP contribution in [0.15, 0.2) is 24.3 Å². The van der Waals surface area contributed by atoms with E-state index in [1.165, 1.54) is 16.8 Å². The van der Waals surface area contributed by atoms with Gasteiger partial charge >= 0.3 is 0 Å². The number of rotatable bonds is 4. The van der Waals surface area contributed by atoms with Gasteiger partial charge in [0, 0.05) is 26.2 Å². The topological polar surface area (TPSA) is 43.2 Å². The zero-order valence-electron chi connectivity index (χ0n) is 13.6. The number of ether oxygens (including phenoxy) is 1. The molecule has 1 fully saturated rings. The standard InChI is InChI=1S/C17H24N4O/c1-4-21-16(14(3)18-19-21)11-20-9-10-22-17(12-20)15-8-6-5-7-13(15)2/h5-8,17H,4,9-12H2,1-3H3. The predicted octanol–water partition coefficient (Wildman–Crippen LogP) is 2.49. The largest absolute Gasteiger partial charge is 0.371 e. The summed E-state index contributed by atoms with van der Waals surface area (Å²) in [6, 6.07) is 8.49. The Balaban J connectivity index is 1.73. The van der Waals surface area contributed by atoms with Crippen molar-refractivity contribution in [3.63, 3.8) is 0 Å². The van der Waals surface area contributed by atoms with Crippen LogP contribution in [0, 0.1) is 13.8 Å². The molecule has 0 saturated carbocycles. The summed E-state index contributed by atoms with van der Waals surface area (Å²) in [6.45, 7) is 10.7. The fourth-order valence-electron chi connectivity index (χ4n) is 3.06. The van der Waals surface area contributed by atoms with E-state index in [4.69, 9.17) is 4.74 Å². The molecule has 0 bridgehead atoms. The molecule has 118 valence electrons. The number of benzene rings is 1. The number of aromatic nitrogens is 3. The first kappa shape index (κ1) is 15.2. The molecule has 3 rings (SSSR count). The molecule has 2 aromatic rings. The van der Waals surface area contributed by atoms with Crippen LogP contribution in [0.4, 0.5) is 0 Å². The van der Waals surface area contributed by atoms with Gasteiger partial charge in [-0.1, -0.05) is 29.5 Å². The minimum Gasteiger partial charge on any atom is -0.371 e. The van der Waals surface area contributed by atoms with Crippen LogP contribution in [0.3, 0.4) is 0 Å². The van der Waals surface area contributed by atoms with Gasteiger partial charge in [0.15, 0.2) is 0 Å². The van der Waals surface area contributed by atoms with Crippen LogP contribution in [0.2, 0.25) is 0 Å². The summed E-state index contributed by atoms with van der Waals surface area (Å²) in [5.74, 6) is 0. The second-order valence-electron chi connectivity index (χ2n) is 5.89. The van der Waals surface area contributed by atoms with Gasteiger partial charge in [0.2, 0.25) is 0 Å². The average molecular weight is 300 g/mol. The lowest BCUT2D eigenvalue weighted by Crippen LogP contribution is -2.38. The molecule has 5 heteroatoms. The highest BCUT2D eigenvalue weighted by Gasteiger charge is 2.24. The lowest BCUT2D eigenvalue weighted by atomic mass is 10.0. The highest BCUT2D eigenvalue weighted by atomic mass is 16.5. The van der Waals surface area contributed by atoms with Crippen molar-refractivity contribution in [2.45, 2.75) is 40.0 Å². The van der Waals surface area contributed by atoms with E-state index in [0.717, 1.165) is 38.5 Å². The van der Waals surface area contributed by atoms with E-state index in [1.54, 1.807) is 0 Å². The van der Waals surface area contributed by atoms with Crippen molar-refractivity contribution in [2.75, 3.05) is 19.7 Å². The normalized spacial score (nSPS) is 19.5. The van der Waals surface area contributed by atoms with E-state index >= 15 is 0 Å². The number of hydrogen-bond acceptors (Lipinski definition) is 4. The number of aryl methyl sites for hydroxylation is 3. The van der Waals surface area contributed by atoms with Crippen molar-refractivity contribution in [2.24, 2.45) is 0 Å². The van der Waals surface area contributed by atoms with Gasteiger partial charge in [-0.2, -0.15) is 0 Å². The maximum atomic E-state index is 6.00. The molecule has 0 amide bonds. The molecular weight excluding hydrogens is 276 g/mol. The number of morpholine rings is 1. The van der Waals surface area contributed by atoms with Crippen LogP contribution in [-0.4, -0.2) is 39.6 Å². The van der Waals surface area contributed by atoms with E-state index < -0.39 is 0 Å². The van der Waals surface area contributed by atoms with Crippen LogP contribution in [-0.2, 0) is 17.8 Å². The lowest BCUT2D eigenvalue weighted by molar-refractivity contribution is -0.0339. The van der Waals surface area contributed by atoms with Crippen LogP contribution in [0.5, 0.6) is 0 Å². The summed E-state index contributed by atoms with van der Waals surface area (Å²) in [6.07, 6.45) is 0.154. The van der Waals surface area contributed by atoms with E-state index in [0.29, 0.717) is 0 Å². The van der Waals surface area contributed by atoms with Gasteiger partial charge in [-0.15, -0.1) is 5.10 Å². The fourth-order valence-corrected chi connectivity index (χ4v) is 3.06. The zero-order chi connectivity index (χ0) is 15.5. The first-order chi connectivity index (χ1) is 10.7. The predicted molar refractivity (Wildman–Crippen MR) is 85.6 cm³/mol. The minimum atomic E-state index is 0.154. The summed E-state index contributed by atoms with van der Waals surface area (Å²) >= 11 is 0. The van der Waals surface area contributed by atoms with Gasteiger partial charge in [-0.05, 0) is 31.9 Å². The molecule has 0 radical (unpaired) electrons. The summed E-state index contributed by atoms with van der Waals surface area (Å²) in [4.78, 5) is 2.44. The molecule has 1 aromatic carbocycles. The molecule has 1 aliphatic rings. The summed E-state index contributed by atoms with van der Waals surface area (Å²) in [7, 11) is 0. The Labute approximate surface area is 131 Å². The number of nitrogens with zero attached hydrogens (tertiary/aromatic N) is 4. The monoisotopic (exact) mass is 300 g/mol. The van der Waals surface area contributed by atoms with Crippen molar-refractivity contribution in [3.05, 3.63) is 46.8 Å². The zero-order valence-corrected chi connectivity index (χ0v) is 13.6. The van der Waals surface area contributed by atoms with E-state index in [9.17, 15) is 0 Å². The van der Waals surface area contributed by atoms with Crippen LogP contribution < -0.4 is 0 Å². The van der Waals surface area contributed by atoms with Gasteiger partial charge in [0.25, 0.3) is 0 Å². The molecule has 0 N–H and O–H groups in total. The molecular formula is C17H24N4O. The average Bonchev–Trinajstić information content (AvgIpc) is 2.88. The Morgan fingerprint density at radius 2 is 2.09 bits per heavy atom. The van der Waals surface area contributed by atoms with Gasteiger partial charge in [-0.3, -0.25) is 4.90 Å². The van der Waals surface area contributed by atoms with Gasteiger partial charge in [0.05, 0.1) is 24.1 Å². The second-order valence-corrected chi connectivity index (χ2v) is 5.89.